The largest absolute Gasteiger partial charge is 0.481 e. The third-order valence-electron chi connectivity index (χ3n) is 2.10. The number of amides is 1. The lowest BCUT2D eigenvalue weighted by atomic mass is 10.1. The molecule has 0 heterocycles. The van der Waals surface area contributed by atoms with Crippen LogP contribution in [0.1, 0.15) is 19.8 Å². The first kappa shape index (κ1) is 17.5. The summed E-state index contributed by atoms with van der Waals surface area (Å²) >= 11 is 0. The number of nitrogens with one attached hydrogen (secondary N) is 1. The molecule has 0 saturated heterocycles. The Balaban J connectivity index is 4.72. The van der Waals surface area contributed by atoms with Crippen molar-refractivity contribution in [2.24, 2.45) is 5.92 Å². The second-order valence-corrected chi connectivity index (χ2v) is 3.86. The fraction of sp³-hybridized carbons (Fsp3) is 0.778. The van der Waals surface area contributed by atoms with Gasteiger partial charge in [0.25, 0.3) is 0 Å². The fourth-order valence-corrected chi connectivity index (χ4v) is 1.22. The van der Waals surface area contributed by atoms with Gasteiger partial charge < -0.3 is 10.4 Å². The van der Waals surface area contributed by atoms with Gasteiger partial charge in [-0.05, 0) is 13.3 Å². The van der Waals surface area contributed by atoms with Crippen LogP contribution in [0.5, 0.6) is 0 Å². The first-order valence-corrected chi connectivity index (χ1v) is 5.01. The van der Waals surface area contributed by atoms with Crippen molar-refractivity contribution < 1.29 is 41.0 Å². The maximum absolute atomic E-state index is 12.2. The smallest absolute Gasteiger partial charge is 0.409 e. The molecule has 0 rings (SSSR count). The Morgan fingerprint density at radius 3 is 1.84 bits per heavy atom. The van der Waals surface area contributed by atoms with E-state index in [1.165, 1.54) is 5.32 Å². The van der Waals surface area contributed by atoms with Crippen LogP contribution in [0, 0.1) is 5.92 Å². The van der Waals surface area contributed by atoms with E-state index in [4.69, 9.17) is 5.11 Å². The molecular weight excluding hydrogens is 284 g/mol. The number of carboxylic acids is 1. The lowest BCUT2D eigenvalue weighted by Crippen LogP contribution is -2.50. The average molecular weight is 295 g/mol. The zero-order chi connectivity index (χ0) is 15.4. The van der Waals surface area contributed by atoms with E-state index in [1.54, 1.807) is 0 Å². The molecule has 0 saturated carbocycles. The van der Waals surface area contributed by atoms with Crippen molar-refractivity contribution in [3.63, 3.8) is 0 Å². The molecule has 1 amide bonds. The standard InChI is InChI=1S/C9H11F6NO3/c1-4(2-3-5(17)18)16-7(19)6(8(10,11)12)9(13,14)15/h4,6H,2-3H2,1H3,(H,16,19)(H,17,18). The molecule has 0 aliphatic heterocycles. The number of rotatable bonds is 5. The van der Waals surface area contributed by atoms with Crippen molar-refractivity contribution in [3.8, 4) is 0 Å². The van der Waals surface area contributed by atoms with Crippen LogP contribution in [0.3, 0.4) is 0 Å². The molecule has 0 aromatic carbocycles. The number of carbonyl (C=O) groups excluding carboxylic acids is 1. The molecule has 0 radical (unpaired) electrons. The fourth-order valence-electron chi connectivity index (χ4n) is 1.22. The summed E-state index contributed by atoms with van der Waals surface area (Å²) in [5.41, 5.74) is 0. The quantitative estimate of drug-likeness (QED) is 0.763. The van der Waals surface area contributed by atoms with Gasteiger partial charge in [0.05, 0.1) is 0 Å². The van der Waals surface area contributed by atoms with Gasteiger partial charge in [-0.2, -0.15) is 26.3 Å². The Bertz CT molecular complexity index is 324. The van der Waals surface area contributed by atoms with Gasteiger partial charge in [-0.3, -0.25) is 9.59 Å². The number of carboxylic acid groups (broad SMARTS) is 1. The lowest BCUT2D eigenvalue weighted by Gasteiger charge is -2.23. The first-order valence-electron chi connectivity index (χ1n) is 5.01. The van der Waals surface area contributed by atoms with Crippen LogP contribution in [-0.2, 0) is 9.59 Å². The highest BCUT2D eigenvalue weighted by molar-refractivity contribution is 5.80. The molecule has 0 aliphatic rings. The summed E-state index contributed by atoms with van der Waals surface area (Å²) in [6, 6.07) is -1.11. The summed E-state index contributed by atoms with van der Waals surface area (Å²) in [5.74, 6) is -7.63. The van der Waals surface area contributed by atoms with Crippen molar-refractivity contribution in [1.82, 2.24) is 5.32 Å². The summed E-state index contributed by atoms with van der Waals surface area (Å²) in [6.45, 7) is 1.12. The SMILES string of the molecule is CC(CCC(=O)O)NC(=O)C(C(F)(F)F)C(F)(F)F. The van der Waals surface area contributed by atoms with Crippen molar-refractivity contribution in [2.75, 3.05) is 0 Å². The molecule has 0 aliphatic carbocycles. The molecule has 112 valence electrons. The summed E-state index contributed by atoms with van der Waals surface area (Å²) < 4.78 is 72.9. The maximum atomic E-state index is 12.2. The van der Waals surface area contributed by atoms with Gasteiger partial charge in [0.2, 0.25) is 11.8 Å². The van der Waals surface area contributed by atoms with Crippen molar-refractivity contribution in [3.05, 3.63) is 0 Å². The first-order chi connectivity index (χ1) is 8.35. The minimum atomic E-state index is -5.76. The maximum Gasteiger partial charge on any atom is 0.409 e. The third-order valence-corrected chi connectivity index (χ3v) is 2.10. The molecular formula is C9H11F6NO3. The zero-order valence-corrected chi connectivity index (χ0v) is 9.60. The van der Waals surface area contributed by atoms with E-state index in [0.717, 1.165) is 6.92 Å². The van der Waals surface area contributed by atoms with Gasteiger partial charge in [-0.15, -0.1) is 0 Å². The third kappa shape index (κ3) is 6.30. The Kier molecular flexibility index (Phi) is 5.63. The topological polar surface area (TPSA) is 66.4 Å². The van der Waals surface area contributed by atoms with E-state index >= 15 is 0 Å². The van der Waals surface area contributed by atoms with Crippen LogP contribution in [0.4, 0.5) is 26.3 Å². The van der Waals surface area contributed by atoms with E-state index < -0.39 is 42.6 Å². The molecule has 19 heavy (non-hydrogen) atoms. The van der Waals surface area contributed by atoms with Gasteiger partial charge in [-0.25, -0.2) is 0 Å². The molecule has 1 atom stereocenters. The van der Waals surface area contributed by atoms with Gasteiger partial charge in [0, 0.05) is 12.5 Å². The summed E-state index contributed by atoms with van der Waals surface area (Å²) in [5, 5.41) is 9.80. The summed E-state index contributed by atoms with van der Waals surface area (Å²) in [7, 11) is 0. The monoisotopic (exact) mass is 295 g/mol. The van der Waals surface area contributed by atoms with E-state index in [2.05, 4.69) is 0 Å². The highest BCUT2D eigenvalue weighted by atomic mass is 19.4. The Hall–Kier alpha value is -1.48. The van der Waals surface area contributed by atoms with Crippen molar-refractivity contribution >= 4 is 11.9 Å². The van der Waals surface area contributed by atoms with E-state index in [0.29, 0.717) is 0 Å². The molecule has 0 aromatic rings. The van der Waals surface area contributed by atoms with E-state index in [9.17, 15) is 35.9 Å². The molecule has 0 fully saturated rings. The van der Waals surface area contributed by atoms with E-state index in [1.807, 2.05) is 0 Å². The van der Waals surface area contributed by atoms with Crippen LogP contribution >= 0.6 is 0 Å². The summed E-state index contributed by atoms with van der Waals surface area (Å²) in [6.07, 6.45) is -12.3. The predicted molar refractivity (Wildman–Crippen MR) is 50.1 cm³/mol. The van der Waals surface area contributed by atoms with Crippen molar-refractivity contribution in [2.45, 2.75) is 38.2 Å². The van der Waals surface area contributed by atoms with Crippen LogP contribution < -0.4 is 5.32 Å². The van der Waals surface area contributed by atoms with Gasteiger partial charge in [0.15, 0.2) is 0 Å². The number of carbonyl (C=O) groups is 2. The number of aliphatic carboxylic acids is 1. The number of hydrogen-bond donors (Lipinski definition) is 2. The second kappa shape index (κ2) is 6.11. The zero-order valence-electron chi connectivity index (χ0n) is 9.60. The number of alkyl halides is 6. The summed E-state index contributed by atoms with van der Waals surface area (Å²) in [4.78, 5) is 21.2. The average Bonchev–Trinajstić information content (AvgIpc) is 2.09. The van der Waals surface area contributed by atoms with Crippen LogP contribution in [0.25, 0.3) is 0 Å². The van der Waals surface area contributed by atoms with Crippen LogP contribution in [0.15, 0.2) is 0 Å². The molecule has 10 heteroatoms. The molecule has 0 aromatic heterocycles. The second-order valence-electron chi connectivity index (χ2n) is 3.86. The van der Waals surface area contributed by atoms with Gasteiger partial charge in [-0.1, -0.05) is 0 Å². The Labute approximate surface area is 103 Å². The molecule has 1 unspecified atom stereocenters. The lowest BCUT2D eigenvalue weighted by molar-refractivity contribution is -0.274. The van der Waals surface area contributed by atoms with Gasteiger partial charge in [0.1, 0.15) is 0 Å². The Morgan fingerprint density at radius 2 is 1.53 bits per heavy atom. The number of halogens is 6. The molecule has 0 bridgehead atoms. The normalized spacial score (nSPS) is 14.3. The molecule has 4 nitrogen and oxygen atoms in total. The highest BCUT2D eigenvalue weighted by Crippen LogP contribution is 2.39. The molecule has 0 spiro atoms. The highest BCUT2D eigenvalue weighted by Gasteiger charge is 2.61. The van der Waals surface area contributed by atoms with E-state index in [-0.39, 0.29) is 6.42 Å². The van der Waals surface area contributed by atoms with Crippen LogP contribution in [-0.4, -0.2) is 35.4 Å². The molecule has 2 N–H and O–H groups in total. The number of hydrogen-bond acceptors (Lipinski definition) is 2. The minimum absolute atomic E-state index is 0.274. The van der Waals surface area contributed by atoms with Crippen LogP contribution in [0.2, 0.25) is 0 Å². The predicted octanol–water partition coefficient (Wildman–Crippen LogP) is 2.10. The minimum Gasteiger partial charge on any atom is -0.481 e. The van der Waals surface area contributed by atoms with Gasteiger partial charge >= 0.3 is 18.3 Å². The van der Waals surface area contributed by atoms with Crippen molar-refractivity contribution in [1.29, 1.82) is 0 Å². The Morgan fingerprint density at radius 1 is 1.11 bits per heavy atom.